The van der Waals surface area contributed by atoms with E-state index in [2.05, 4.69) is 16.0 Å². The Labute approximate surface area is 104 Å². The molecule has 2 N–H and O–H groups in total. The summed E-state index contributed by atoms with van der Waals surface area (Å²) in [4.78, 5) is 6.83. The van der Waals surface area contributed by atoms with Crippen LogP contribution in [0.2, 0.25) is 0 Å². The van der Waals surface area contributed by atoms with Crippen LogP contribution in [-0.2, 0) is 0 Å². The van der Waals surface area contributed by atoms with Crippen molar-refractivity contribution in [3.63, 3.8) is 0 Å². The van der Waals surface area contributed by atoms with E-state index >= 15 is 0 Å². The van der Waals surface area contributed by atoms with Crippen LogP contribution >= 0.6 is 0 Å². The predicted molar refractivity (Wildman–Crippen MR) is 70.7 cm³/mol. The number of likely N-dealkylation sites (tertiary alicyclic amines) is 1. The summed E-state index contributed by atoms with van der Waals surface area (Å²) in [7, 11) is 0. The van der Waals surface area contributed by atoms with E-state index in [1.807, 2.05) is 18.5 Å². The highest BCUT2D eigenvalue weighted by Crippen LogP contribution is 2.31. The molecule has 0 radical (unpaired) electrons. The molecule has 1 aromatic rings. The van der Waals surface area contributed by atoms with Crippen LogP contribution in [0.1, 0.15) is 43.7 Å². The molecule has 17 heavy (non-hydrogen) atoms. The third-order valence-corrected chi connectivity index (χ3v) is 3.58. The normalized spacial score (nSPS) is 20.9. The van der Waals surface area contributed by atoms with Gasteiger partial charge in [-0.2, -0.15) is 0 Å². The summed E-state index contributed by atoms with van der Waals surface area (Å²) < 4.78 is 0. The van der Waals surface area contributed by atoms with Gasteiger partial charge in [0.05, 0.1) is 0 Å². The summed E-state index contributed by atoms with van der Waals surface area (Å²) in [6.45, 7) is 3.27. The average Bonchev–Trinajstić information content (AvgIpc) is 2.84. The highest BCUT2D eigenvalue weighted by Gasteiger charge is 2.25. The maximum atomic E-state index is 5.52. The molecule has 2 heterocycles. The molecule has 1 aliphatic heterocycles. The number of aromatic nitrogens is 1. The van der Waals surface area contributed by atoms with Gasteiger partial charge in [0.1, 0.15) is 0 Å². The summed E-state index contributed by atoms with van der Waals surface area (Å²) >= 11 is 0. The first-order valence-corrected chi connectivity index (χ1v) is 6.76. The average molecular weight is 233 g/mol. The standard InChI is InChI=1S/C14H23N3/c15-8-2-1-3-10-17-11-5-7-14(17)13-6-4-9-16-12-13/h4,6,9,12,14H,1-3,5,7-8,10-11,15H2/t14-/m1/s1. The molecule has 2 rings (SSSR count). The topological polar surface area (TPSA) is 42.1 Å². The van der Waals surface area contributed by atoms with Crippen LogP contribution in [0.3, 0.4) is 0 Å². The van der Waals surface area contributed by atoms with Gasteiger partial charge < -0.3 is 5.73 Å². The Morgan fingerprint density at radius 2 is 2.29 bits per heavy atom. The first kappa shape index (κ1) is 12.5. The van der Waals surface area contributed by atoms with Gasteiger partial charge in [-0.1, -0.05) is 12.5 Å². The van der Waals surface area contributed by atoms with Crippen molar-refractivity contribution in [2.75, 3.05) is 19.6 Å². The van der Waals surface area contributed by atoms with E-state index < -0.39 is 0 Å². The Hall–Kier alpha value is -0.930. The highest BCUT2D eigenvalue weighted by atomic mass is 15.2. The van der Waals surface area contributed by atoms with Crippen LogP contribution in [0, 0.1) is 0 Å². The maximum Gasteiger partial charge on any atom is 0.0363 e. The minimum Gasteiger partial charge on any atom is -0.330 e. The van der Waals surface area contributed by atoms with Crippen molar-refractivity contribution in [3.8, 4) is 0 Å². The third-order valence-electron chi connectivity index (χ3n) is 3.58. The van der Waals surface area contributed by atoms with Crippen LogP contribution in [0.25, 0.3) is 0 Å². The van der Waals surface area contributed by atoms with E-state index in [-0.39, 0.29) is 0 Å². The van der Waals surface area contributed by atoms with Gasteiger partial charge in [0.2, 0.25) is 0 Å². The zero-order valence-electron chi connectivity index (χ0n) is 10.5. The van der Waals surface area contributed by atoms with Crippen LogP contribution in [0.4, 0.5) is 0 Å². The van der Waals surface area contributed by atoms with Crippen molar-refractivity contribution in [1.29, 1.82) is 0 Å². The Bertz CT molecular complexity index is 313. The van der Waals surface area contributed by atoms with Gasteiger partial charge in [0.15, 0.2) is 0 Å². The van der Waals surface area contributed by atoms with Gasteiger partial charge in [0.25, 0.3) is 0 Å². The molecule has 0 bridgehead atoms. The summed E-state index contributed by atoms with van der Waals surface area (Å²) in [6.07, 6.45) is 10.2. The number of rotatable bonds is 6. The van der Waals surface area contributed by atoms with E-state index in [0.29, 0.717) is 6.04 Å². The molecule has 94 valence electrons. The lowest BCUT2D eigenvalue weighted by atomic mass is 10.1. The molecule has 1 saturated heterocycles. The first-order chi connectivity index (χ1) is 8.42. The van der Waals surface area contributed by atoms with Gasteiger partial charge in [-0.25, -0.2) is 0 Å². The van der Waals surface area contributed by atoms with Crippen LogP contribution in [-0.4, -0.2) is 29.5 Å². The lowest BCUT2D eigenvalue weighted by molar-refractivity contribution is 0.251. The third kappa shape index (κ3) is 3.51. The van der Waals surface area contributed by atoms with E-state index in [4.69, 9.17) is 5.73 Å². The zero-order valence-corrected chi connectivity index (χ0v) is 10.5. The Morgan fingerprint density at radius 3 is 3.06 bits per heavy atom. The summed E-state index contributed by atoms with van der Waals surface area (Å²) in [5.41, 5.74) is 6.90. The molecule has 0 aliphatic carbocycles. The van der Waals surface area contributed by atoms with E-state index in [1.54, 1.807) is 0 Å². The number of nitrogens with zero attached hydrogens (tertiary/aromatic N) is 2. The molecule has 0 spiro atoms. The second-order valence-corrected chi connectivity index (χ2v) is 4.83. The monoisotopic (exact) mass is 233 g/mol. The number of hydrogen-bond acceptors (Lipinski definition) is 3. The minimum absolute atomic E-state index is 0.599. The lowest BCUT2D eigenvalue weighted by Crippen LogP contribution is -2.24. The smallest absolute Gasteiger partial charge is 0.0363 e. The molecule has 1 atom stereocenters. The molecule has 0 unspecified atom stereocenters. The van der Waals surface area contributed by atoms with E-state index in [0.717, 1.165) is 13.0 Å². The fourth-order valence-electron chi connectivity index (χ4n) is 2.68. The lowest BCUT2D eigenvalue weighted by Gasteiger charge is -2.24. The molecule has 3 nitrogen and oxygen atoms in total. The Kier molecular flexibility index (Phi) is 4.95. The van der Waals surface area contributed by atoms with Crippen molar-refractivity contribution < 1.29 is 0 Å². The van der Waals surface area contributed by atoms with Crippen LogP contribution in [0.15, 0.2) is 24.5 Å². The molecule has 1 fully saturated rings. The molecule has 0 saturated carbocycles. The van der Waals surface area contributed by atoms with Crippen LogP contribution < -0.4 is 5.73 Å². The fourth-order valence-corrected chi connectivity index (χ4v) is 2.68. The maximum absolute atomic E-state index is 5.52. The minimum atomic E-state index is 0.599. The van der Waals surface area contributed by atoms with Crippen molar-refractivity contribution in [3.05, 3.63) is 30.1 Å². The summed E-state index contributed by atoms with van der Waals surface area (Å²) in [5, 5.41) is 0. The van der Waals surface area contributed by atoms with Gasteiger partial charge >= 0.3 is 0 Å². The van der Waals surface area contributed by atoms with Crippen molar-refractivity contribution in [2.24, 2.45) is 5.73 Å². The molecule has 3 heteroatoms. The van der Waals surface area contributed by atoms with Gasteiger partial charge in [-0.3, -0.25) is 9.88 Å². The number of unbranched alkanes of at least 4 members (excludes halogenated alkanes) is 2. The van der Waals surface area contributed by atoms with Gasteiger partial charge in [0, 0.05) is 18.4 Å². The SMILES string of the molecule is NCCCCCN1CCC[C@@H]1c1cccnc1. The van der Waals surface area contributed by atoms with Crippen molar-refractivity contribution in [2.45, 2.75) is 38.1 Å². The predicted octanol–water partition coefficient (Wildman–Crippen LogP) is 2.35. The van der Waals surface area contributed by atoms with Gasteiger partial charge in [-0.15, -0.1) is 0 Å². The Balaban J connectivity index is 1.85. The first-order valence-electron chi connectivity index (χ1n) is 6.76. The number of hydrogen-bond donors (Lipinski definition) is 1. The quantitative estimate of drug-likeness (QED) is 0.767. The summed E-state index contributed by atoms with van der Waals surface area (Å²) in [5.74, 6) is 0. The molecule has 0 aromatic carbocycles. The summed E-state index contributed by atoms with van der Waals surface area (Å²) in [6, 6.07) is 4.84. The van der Waals surface area contributed by atoms with E-state index in [1.165, 1.54) is 44.3 Å². The van der Waals surface area contributed by atoms with Gasteiger partial charge in [-0.05, 0) is 56.9 Å². The fraction of sp³-hybridized carbons (Fsp3) is 0.643. The highest BCUT2D eigenvalue weighted by molar-refractivity contribution is 5.15. The molecule has 1 aromatic heterocycles. The molecule has 0 amide bonds. The Morgan fingerprint density at radius 1 is 1.35 bits per heavy atom. The van der Waals surface area contributed by atoms with Crippen LogP contribution in [0.5, 0.6) is 0 Å². The largest absolute Gasteiger partial charge is 0.330 e. The second-order valence-electron chi connectivity index (χ2n) is 4.83. The van der Waals surface area contributed by atoms with Crippen molar-refractivity contribution in [1.82, 2.24) is 9.88 Å². The molecular weight excluding hydrogens is 210 g/mol. The molecular formula is C14H23N3. The second kappa shape index (κ2) is 6.72. The number of pyridine rings is 1. The van der Waals surface area contributed by atoms with E-state index in [9.17, 15) is 0 Å². The number of nitrogens with two attached hydrogens (primary N) is 1. The van der Waals surface area contributed by atoms with Crippen molar-refractivity contribution >= 4 is 0 Å². The zero-order chi connectivity index (χ0) is 11.9. The molecule has 1 aliphatic rings.